The van der Waals surface area contributed by atoms with Crippen molar-refractivity contribution in [1.82, 2.24) is 9.80 Å². The molecule has 1 aliphatic rings. The van der Waals surface area contributed by atoms with Gasteiger partial charge in [0.05, 0.1) is 0 Å². The first-order chi connectivity index (χ1) is 10.0. The normalized spacial score (nSPS) is 16.9. The van der Waals surface area contributed by atoms with E-state index in [1.807, 2.05) is 0 Å². The van der Waals surface area contributed by atoms with E-state index < -0.39 is 28.9 Å². The summed E-state index contributed by atoms with van der Waals surface area (Å²) in [5, 5.41) is 0. The Morgan fingerprint density at radius 2 is 1.76 bits per heavy atom. The summed E-state index contributed by atoms with van der Waals surface area (Å²) >= 11 is 0. The molecule has 1 saturated heterocycles. The van der Waals surface area contributed by atoms with Gasteiger partial charge in [0.1, 0.15) is 23.0 Å². The van der Waals surface area contributed by atoms with Crippen molar-refractivity contribution in [1.29, 1.82) is 0 Å². The van der Waals surface area contributed by atoms with Gasteiger partial charge < -0.3 is 15.5 Å². The third-order valence-electron chi connectivity index (χ3n) is 3.54. The van der Waals surface area contributed by atoms with Gasteiger partial charge >= 0.3 is 0 Å². The first-order valence-corrected chi connectivity index (χ1v) is 6.89. The second kappa shape index (κ2) is 6.91. The standard InChI is InChI=1S/C14H18F3N3O/c15-10-8-11(16)13(12(17)9-10)14(21)20-4-1-3-19(5-2-18)6-7-20/h8-9H,1-7,18H2. The average molecular weight is 301 g/mol. The van der Waals surface area contributed by atoms with Gasteiger partial charge in [0, 0.05) is 44.9 Å². The van der Waals surface area contributed by atoms with Crippen LogP contribution in [0.1, 0.15) is 16.8 Å². The summed E-state index contributed by atoms with van der Waals surface area (Å²) in [5.41, 5.74) is 4.80. The van der Waals surface area contributed by atoms with Crippen LogP contribution in [0.4, 0.5) is 13.2 Å². The van der Waals surface area contributed by atoms with Gasteiger partial charge in [0.15, 0.2) is 0 Å². The molecule has 1 aromatic rings. The van der Waals surface area contributed by atoms with E-state index in [0.29, 0.717) is 44.7 Å². The average Bonchev–Trinajstić information content (AvgIpc) is 2.63. The molecular formula is C14H18F3N3O. The van der Waals surface area contributed by atoms with Gasteiger partial charge in [-0.15, -0.1) is 0 Å². The van der Waals surface area contributed by atoms with Crippen molar-refractivity contribution in [3.8, 4) is 0 Å². The monoisotopic (exact) mass is 301 g/mol. The van der Waals surface area contributed by atoms with E-state index in [0.717, 1.165) is 13.1 Å². The zero-order valence-electron chi connectivity index (χ0n) is 11.6. The van der Waals surface area contributed by atoms with E-state index in [1.165, 1.54) is 4.90 Å². The highest BCUT2D eigenvalue weighted by atomic mass is 19.1. The summed E-state index contributed by atoms with van der Waals surface area (Å²) in [7, 11) is 0. The van der Waals surface area contributed by atoms with Crippen LogP contribution >= 0.6 is 0 Å². The van der Waals surface area contributed by atoms with Crippen LogP contribution in [0.3, 0.4) is 0 Å². The van der Waals surface area contributed by atoms with Crippen molar-refractivity contribution in [3.05, 3.63) is 35.1 Å². The molecule has 0 saturated carbocycles. The number of amides is 1. The summed E-state index contributed by atoms with van der Waals surface area (Å²) in [5.74, 6) is -4.10. The minimum Gasteiger partial charge on any atom is -0.337 e. The minimum absolute atomic E-state index is 0.370. The van der Waals surface area contributed by atoms with Crippen LogP contribution in [0.15, 0.2) is 12.1 Å². The molecule has 0 radical (unpaired) electrons. The van der Waals surface area contributed by atoms with Crippen LogP contribution in [0.2, 0.25) is 0 Å². The number of nitrogens with zero attached hydrogens (tertiary/aromatic N) is 2. The van der Waals surface area contributed by atoms with E-state index in [9.17, 15) is 18.0 Å². The Hall–Kier alpha value is -1.60. The quantitative estimate of drug-likeness (QED) is 0.913. The number of hydrogen-bond donors (Lipinski definition) is 1. The molecular weight excluding hydrogens is 283 g/mol. The van der Waals surface area contributed by atoms with Crippen molar-refractivity contribution in [2.45, 2.75) is 6.42 Å². The molecule has 2 rings (SSSR count). The zero-order chi connectivity index (χ0) is 15.4. The van der Waals surface area contributed by atoms with Gasteiger partial charge in [-0.25, -0.2) is 13.2 Å². The maximum Gasteiger partial charge on any atom is 0.259 e. The van der Waals surface area contributed by atoms with Gasteiger partial charge in [-0.3, -0.25) is 4.79 Å². The molecule has 0 aliphatic carbocycles. The molecule has 0 unspecified atom stereocenters. The smallest absolute Gasteiger partial charge is 0.259 e. The fraction of sp³-hybridized carbons (Fsp3) is 0.500. The van der Waals surface area contributed by atoms with E-state index in [-0.39, 0.29) is 0 Å². The Morgan fingerprint density at radius 3 is 2.38 bits per heavy atom. The lowest BCUT2D eigenvalue weighted by Gasteiger charge is -2.22. The molecule has 2 N–H and O–H groups in total. The molecule has 0 bridgehead atoms. The lowest BCUT2D eigenvalue weighted by Crippen LogP contribution is -2.37. The summed E-state index contributed by atoms with van der Waals surface area (Å²) in [6, 6.07) is 1.05. The van der Waals surface area contributed by atoms with E-state index in [2.05, 4.69) is 4.90 Å². The van der Waals surface area contributed by atoms with Gasteiger partial charge in [0.25, 0.3) is 5.91 Å². The Morgan fingerprint density at radius 1 is 1.10 bits per heavy atom. The molecule has 7 heteroatoms. The number of hydrogen-bond acceptors (Lipinski definition) is 3. The molecule has 1 aromatic carbocycles. The molecule has 4 nitrogen and oxygen atoms in total. The summed E-state index contributed by atoms with van der Waals surface area (Å²) in [6.45, 7) is 3.42. The van der Waals surface area contributed by atoms with Crippen LogP contribution in [-0.2, 0) is 0 Å². The lowest BCUT2D eigenvalue weighted by atomic mass is 10.1. The van der Waals surface area contributed by atoms with Crippen LogP contribution in [0.5, 0.6) is 0 Å². The molecule has 1 heterocycles. The van der Waals surface area contributed by atoms with Crippen molar-refractivity contribution in [2.24, 2.45) is 5.73 Å². The Kier molecular flexibility index (Phi) is 5.19. The largest absolute Gasteiger partial charge is 0.337 e. The van der Waals surface area contributed by atoms with Crippen molar-refractivity contribution in [2.75, 3.05) is 39.3 Å². The molecule has 1 aliphatic heterocycles. The van der Waals surface area contributed by atoms with Gasteiger partial charge in [-0.1, -0.05) is 0 Å². The molecule has 1 amide bonds. The van der Waals surface area contributed by atoms with Crippen LogP contribution < -0.4 is 5.73 Å². The van der Waals surface area contributed by atoms with Crippen LogP contribution in [-0.4, -0.2) is 55.0 Å². The number of benzene rings is 1. The number of nitrogens with two attached hydrogens (primary N) is 1. The number of carbonyl (C=O) groups is 1. The third-order valence-corrected chi connectivity index (χ3v) is 3.54. The maximum atomic E-state index is 13.7. The minimum atomic E-state index is -1.17. The van der Waals surface area contributed by atoms with E-state index in [4.69, 9.17) is 5.73 Å². The molecule has 21 heavy (non-hydrogen) atoms. The van der Waals surface area contributed by atoms with Gasteiger partial charge in [0.2, 0.25) is 0 Å². The van der Waals surface area contributed by atoms with Crippen molar-refractivity contribution < 1.29 is 18.0 Å². The van der Waals surface area contributed by atoms with Crippen molar-refractivity contribution in [3.63, 3.8) is 0 Å². The van der Waals surface area contributed by atoms with Crippen LogP contribution in [0.25, 0.3) is 0 Å². The zero-order valence-corrected chi connectivity index (χ0v) is 11.6. The molecule has 0 spiro atoms. The highest BCUT2D eigenvalue weighted by Gasteiger charge is 2.25. The predicted octanol–water partition coefficient (Wildman–Crippen LogP) is 1.21. The fourth-order valence-corrected chi connectivity index (χ4v) is 2.48. The summed E-state index contributed by atoms with van der Waals surface area (Å²) in [4.78, 5) is 15.8. The van der Waals surface area contributed by atoms with Gasteiger partial charge in [-0.2, -0.15) is 0 Å². The first kappa shape index (κ1) is 15.8. The van der Waals surface area contributed by atoms with E-state index in [1.54, 1.807) is 0 Å². The molecule has 116 valence electrons. The Labute approximate surface area is 121 Å². The summed E-state index contributed by atoms with van der Waals surface area (Å²) in [6.07, 6.45) is 0.705. The Bertz CT molecular complexity index is 501. The maximum absolute atomic E-state index is 13.7. The molecule has 0 aromatic heterocycles. The highest BCUT2D eigenvalue weighted by molar-refractivity contribution is 5.94. The highest BCUT2D eigenvalue weighted by Crippen LogP contribution is 2.18. The Balaban J connectivity index is 2.13. The number of rotatable bonds is 3. The molecule has 1 fully saturated rings. The molecule has 0 atom stereocenters. The third kappa shape index (κ3) is 3.74. The first-order valence-electron chi connectivity index (χ1n) is 6.89. The SMILES string of the molecule is NCCN1CCCN(C(=O)c2c(F)cc(F)cc2F)CC1. The number of carbonyl (C=O) groups excluding carboxylic acids is 1. The van der Waals surface area contributed by atoms with E-state index >= 15 is 0 Å². The second-order valence-electron chi connectivity index (χ2n) is 5.02. The second-order valence-corrected chi connectivity index (χ2v) is 5.02. The summed E-state index contributed by atoms with van der Waals surface area (Å²) < 4.78 is 40.2. The van der Waals surface area contributed by atoms with Gasteiger partial charge in [-0.05, 0) is 13.0 Å². The number of halogens is 3. The predicted molar refractivity (Wildman–Crippen MR) is 72.3 cm³/mol. The lowest BCUT2D eigenvalue weighted by molar-refractivity contribution is 0.0751. The van der Waals surface area contributed by atoms with Crippen LogP contribution in [0, 0.1) is 17.5 Å². The van der Waals surface area contributed by atoms with Crippen molar-refractivity contribution >= 4 is 5.91 Å². The topological polar surface area (TPSA) is 49.6 Å². The fourth-order valence-electron chi connectivity index (χ4n) is 2.48.